The van der Waals surface area contributed by atoms with Gasteiger partial charge in [-0.25, -0.2) is 0 Å². The Morgan fingerprint density at radius 1 is 1.08 bits per heavy atom. The number of benzene rings is 1. The summed E-state index contributed by atoms with van der Waals surface area (Å²) in [5.74, 6) is -1.19. The minimum absolute atomic E-state index is 0.158. The molecule has 1 spiro atoms. The average molecular weight is 514 g/mol. The van der Waals surface area contributed by atoms with E-state index in [-0.39, 0.29) is 24.7 Å². The van der Waals surface area contributed by atoms with Gasteiger partial charge in [-0.15, -0.1) is 0 Å². The predicted molar refractivity (Wildman–Crippen MR) is 131 cm³/mol. The Balaban J connectivity index is 1.42. The van der Waals surface area contributed by atoms with E-state index in [1.807, 2.05) is 19.9 Å². The SMILES string of the molecule is COC(=O)C[C@]1(OC(=O)[C@H]2C(OC)=C[C@@]34CCCN3CCc3cc5c(cc3[C@@H]24)OCO5)CCC(C)(C)O1. The zero-order chi connectivity index (χ0) is 26.0. The Labute approximate surface area is 217 Å². The summed E-state index contributed by atoms with van der Waals surface area (Å²) < 4.78 is 34.7. The summed E-state index contributed by atoms with van der Waals surface area (Å²) in [6.45, 7) is 5.89. The lowest BCUT2D eigenvalue weighted by Crippen LogP contribution is -2.48. The van der Waals surface area contributed by atoms with Gasteiger partial charge in [0.05, 0.1) is 25.4 Å². The second-order valence-electron chi connectivity index (χ2n) is 11.4. The van der Waals surface area contributed by atoms with Crippen LogP contribution in [0.5, 0.6) is 11.5 Å². The van der Waals surface area contributed by atoms with Gasteiger partial charge in [0.2, 0.25) is 12.6 Å². The summed E-state index contributed by atoms with van der Waals surface area (Å²) >= 11 is 0. The number of hydrogen-bond acceptors (Lipinski definition) is 9. The van der Waals surface area contributed by atoms with Crippen molar-refractivity contribution in [3.05, 3.63) is 35.1 Å². The third-order valence-corrected chi connectivity index (χ3v) is 8.77. The van der Waals surface area contributed by atoms with Gasteiger partial charge < -0.3 is 28.4 Å². The van der Waals surface area contributed by atoms with E-state index in [4.69, 9.17) is 28.4 Å². The molecule has 0 radical (unpaired) electrons. The van der Waals surface area contributed by atoms with Crippen LogP contribution in [0.4, 0.5) is 0 Å². The maximum Gasteiger partial charge on any atom is 0.319 e. The topological polar surface area (TPSA) is 92.8 Å². The van der Waals surface area contributed by atoms with E-state index in [1.165, 1.54) is 7.11 Å². The Morgan fingerprint density at radius 3 is 2.57 bits per heavy atom. The maximum absolute atomic E-state index is 14.2. The molecule has 9 heteroatoms. The third-order valence-electron chi connectivity index (χ3n) is 8.77. The van der Waals surface area contributed by atoms with E-state index in [2.05, 4.69) is 17.0 Å². The van der Waals surface area contributed by atoms with Crippen LogP contribution in [0.3, 0.4) is 0 Å². The minimum atomic E-state index is -1.37. The Kier molecular flexibility index (Phi) is 5.73. The second-order valence-corrected chi connectivity index (χ2v) is 11.4. The number of methoxy groups -OCH3 is 2. The first-order valence-electron chi connectivity index (χ1n) is 13.1. The monoisotopic (exact) mass is 513 g/mol. The summed E-state index contributed by atoms with van der Waals surface area (Å²) in [6.07, 6.45) is 5.86. The lowest BCUT2D eigenvalue weighted by molar-refractivity contribution is -0.245. The number of fused-ring (bicyclic) bond motifs is 3. The number of carbonyl (C=O) groups is 2. The third kappa shape index (κ3) is 3.89. The molecule has 0 unspecified atom stereocenters. The highest BCUT2D eigenvalue weighted by Gasteiger charge is 2.60. The fraction of sp³-hybridized carbons (Fsp3) is 0.643. The van der Waals surface area contributed by atoms with Gasteiger partial charge in [-0.05, 0) is 75.4 Å². The molecule has 37 heavy (non-hydrogen) atoms. The molecular formula is C28H35NO8. The zero-order valence-electron chi connectivity index (χ0n) is 22.0. The van der Waals surface area contributed by atoms with Crippen LogP contribution in [0, 0.1) is 5.92 Å². The molecule has 5 aliphatic rings. The van der Waals surface area contributed by atoms with E-state index in [0.717, 1.165) is 49.2 Å². The van der Waals surface area contributed by atoms with Crippen molar-refractivity contribution in [2.75, 3.05) is 34.1 Å². The van der Waals surface area contributed by atoms with Crippen molar-refractivity contribution < 1.29 is 38.0 Å². The molecule has 0 saturated carbocycles. The van der Waals surface area contributed by atoms with Crippen LogP contribution in [0.15, 0.2) is 24.0 Å². The van der Waals surface area contributed by atoms with E-state index in [1.54, 1.807) is 7.11 Å². The first kappa shape index (κ1) is 24.6. The molecule has 0 aromatic heterocycles. The first-order chi connectivity index (χ1) is 17.7. The van der Waals surface area contributed by atoms with Crippen LogP contribution < -0.4 is 9.47 Å². The molecule has 1 aliphatic carbocycles. The summed E-state index contributed by atoms with van der Waals surface area (Å²) in [7, 11) is 2.93. The van der Waals surface area contributed by atoms with Crippen LogP contribution >= 0.6 is 0 Å². The van der Waals surface area contributed by atoms with E-state index in [0.29, 0.717) is 24.4 Å². The standard InChI is InChI=1S/C28H35NO8/c1-26(2)8-9-28(37-26,15-22(30)33-4)36-25(31)23-21(32-3)14-27-7-5-10-29(27)11-6-17-12-19-20(35-16-34-19)13-18(17)24(23)27/h12-14,23-24H,5-11,15-16H2,1-4H3/t23-,24-,27+,28-/m0/s1. The van der Waals surface area contributed by atoms with E-state index in [9.17, 15) is 9.59 Å². The molecule has 2 saturated heterocycles. The number of rotatable bonds is 5. The van der Waals surface area contributed by atoms with Crippen LogP contribution in [0.1, 0.15) is 63.0 Å². The lowest BCUT2D eigenvalue weighted by atomic mass is 9.74. The Hall–Kier alpha value is -2.78. The van der Waals surface area contributed by atoms with Gasteiger partial charge in [0.25, 0.3) is 0 Å². The molecule has 200 valence electrons. The average Bonchev–Trinajstić information content (AvgIpc) is 3.61. The molecular weight excluding hydrogens is 478 g/mol. The molecule has 6 rings (SSSR count). The van der Waals surface area contributed by atoms with Gasteiger partial charge in [-0.2, -0.15) is 0 Å². The molecule has 1 aromatic carbocycles. The highest BCUT2D eigenvalue weighted by atomic mass is 16.7. The van der Waals surface area contributed by atoms with Crippen LogP contribution in [-0.2, 0) is 35.0 Å². The fourth-order valence-corrected chi connectivity index (χ4v) is 7.15. The van der Waals surface area contributed by atoms with Crippen molar-refractivity contribution in [3.8, 4) is 11.5 Å². The molecule has 4 aliphatic heterocycles. The van der Waals surface area contributed by atoms with Crippen molar-refractivity contribution in [2.45, 2.75) is 75.2 Å². The smallest absolute Gasteiger partial charge is 0.319 e. The predicted octanol–water partition coefficient (Wildman–Crippen LogP) is 3.44. The molecule has 2 fully saturated rings. The zero-order valence-corrected chi connectivity index (χ0v) is 22.0. The van der Waals surface area contributed by atoms with Crippen molar-refractivity contribution in [2.24, 2.45) is 5.92 Å². The fourth-order valence-electron chi connectivity index (χ4n) is 7.15. The second kappa shape index (κ2) is 8.63. The van der Waals surface area contributed by atoms with Crippen molar-refractivity contribution in [3.63, 3.8) is 0 Å². The van der Waals surface area contributed by atoms with Gasteiger partial charge in [-0.3, -0.25) is 14.5 Å². The summed E-state index contributed by atoms with van der Waals surface area (Å²) in [5.41, 5.74) is 1.32. The van der Waals surface area contributed by atoms with Crippen molar-refractivity contribution in [1.29, 1.82) is 0 Å². The first-order valence-corrected chi connectivity index (χ1v) is 13.1. The van der Waals surface area contributed by atoms with Crippen molar-refractivity contribution >= 4 is 11.9 Å². The van der Waals surface area contributed by atoms with Gasteiger partial charge in [-0.1, -0.05) is 0 Å². The summed E-state index contributed by atoms with van der Waals surface area (Å²) in [6, 6.07) is 4.10. The lowest BCUT2D eigenvalue weighted by Gasteiger charge is -2.40. The van der Waals surface area contributed by atoms with E-state index < -0.39 is 29.2 Å². The molecule has 0 amide bonds. The van der Waals surface area contributed by atoms with E-state index >= 15 is 0 Å². The Bertz CT molecular complexity index is 1160. The maximum atomic E-state index is 14.2. The molecule has 4 atom stereocenters. The highest BCUT2D eigenvalue weighted by Crippen LogP contribution is 2.58. The van der Waals surface area contributed by atoms with Crippen molar-refractivity contribution in [1.82, 2.24) is 4.90 Å². The van der Waals surface area contributed by atoms with Gasteiger partial charge >= 0.3 is 11.9 Å². The number of ether oxygens (including phenoxy) is 6. The molecule has 0 bridgehead atoms. The van der Waals surface area contributed by atoms with Gasteiger partial charge in [0.1, 0.15) is 18.1 Å². The Morgan fingerprint density at radius 2 is 1.86 bits per heavy atom. The molecule has 9 nitrogen and oxygen atoms in total. The largest absolute Gasteiger partial charge is 0.500 e. The quantitative estimate of drug-likeness (QED) is 0.549. The molecule has 4 heterocycles. The number of hydrogen-bond donors (Lipinski definition) is 0. The van der Waals surface area contributed by atoms with Gasteiger partial charge in [0.15, 0.2) is 11.5 Å². The number of carbonyl (C=O) groups excluding carboxylic acids is 2. The molecule has 0 N–H and O–H groups in total. The highest BCUT2D eigenvalue weighted by molar-refractivity contribution is 5.80. The number of esters is 2. The summed E-state index contributed by atoms with van der Waals surface area (Å²) in [4.78, 5) is 29.0. The molecule has 1 aromatic rings. The van der Waals surface area contributed by atoms with Crippen LogP contribution in [0.2, 0.25) is 0 Å². The number of nitrogens with zero attached hydrogens (tertiary/aromatic N) is 1. The normalized spacial score (nSPS) is 33.1. The summed E-state index contributed by atoms with van der Waals surface area (Å²) in [5, 5.41) is 0. The minimum Gasteiger partial charge on any atom is -0.500 e. The van der Waals surface area contributed by atoms with Gasteiger partial charge in [0, 0.05) is 18.9 Å². The van der Waals surface area contributed by atoms with Crippen LogP contribution in [0.25, 0.3) is 0 Å². The van der Waals surface area contributed by atoms with Crippen LogP contribution in [-0.4, -0.2) is 67.9 Å².